The third kappa shape index (κ3) is 3.77. The van der Waals surface area contributed by atoms with Gasteiger partial charge >= 0.3 is 0 Å². The normalized spacial score (nSPS) is 15.4. The molecule has 1 fully saturated rings. The maximum atomic E-state index is 12.1. The Bertz CT molecular complexity index is 587. The molecule has 1 aliphatic rings. The van der Waals surface area contributed by atoms with E-state index < -0.39 is 0 Å². The van der Waals surface area contributed by atoms with Crippen molar-refractivity contribution < 1.29 is 4.79 Å². The number of carbonyl (C=O) groups is 1. The van der Waals surface area contributed by atoms with Gasteiger partial charge in [0.1, 0.15) is 0 Å². The summed E-state index contributed by atoms with van der Waals surface area (Å²) in [6, 6.07) is 21.2. The van der Waals surface area contributed by atoms with Gasteiger partial charge in [-0.05, 0) is 11.1 Å². The van der Waals surface area contributed by atoms with Gasteiger partial charge in [0, 0.05) is 25.4 Å². The van der Waals surface area contributed by atoms with E-state index >= 15 is 0 Å². The largest absolute Gasteiger partial charge is 0.355 e. The molecule has 0 radical (unpaired) electrons. The highest BCUT2D eigenvalue weighted by atomic mass is 32.1. The highest BCUT2D eigenvalue weighted by Crippen LogP contribution is 2.34. The van der Waals surface area contributed by atoms with Crippen molar-refractivity contribution >= 4 is 18.5 Å². The molecule has 0 spiro atoms. The quantitative estimate of drug-likeness (QED) is 0.800. The van der Waals surface area contributed by atoms with Crippen molar-refractivity contribution in [3.05, 3.63) is 71.8 Å². The second kappa shape index (κ2) is 7.66. The summed E-state index contributed by atoms with van der Waals surface area (Å²) in [5.74, 6) is 0.915. The molecule has 1 amide bonds. The van der Waals surface area contributed by atoms with Crippen LogP contribution in [0.15, 0.2) is 60.7 Å². The van der Waals surface area contributed by atoms with E-state index in [-0.39, 0.29) is 17.9 Å². The summed E-state index contributed by atoms with van der Waals surface area (Å²) in [5.41, 5.74) is 2.54. The molecule has 120 valence electrons. The van der Waals surface area contributed by atoms with Crippen molar-refractivity contribution in [2.45, 2.75) is 6.04 Å². The molecule has 0 unspecified atom stereocenters. The number of nitrogens with one attached hydrogen (secondary N) is 1. The van der Waals surface area contributed by atoms with Crippen molar-refractivity contribution in [3.63, 3.8) is 0 Å². The molecule has 1 saturated heterocycles. The molecule has 1 heterocycles. The van der Waals surface area contributed by atoms with Crippen molar-refractivity contribution in [2.24, 2.45) is 5.92 Å². The second-order valence-corrected chi connectivity index (χ2v) is 6.34. The van der Waals surface area contributed by atoms with Crippen molar-refractivity contribution in [1.82, 2.24) is 10.2 Å². The van der Waals surface area contributed by atoms with Crippen LogP contribution in [0.4, 0.5) is 0 Å². The zero-order chi connectivity index (χ0) is 16.1. The van der Waals surface area contributed by atoms with E-state index in [4.69, 9.17) is 0 Å². The second-order valence-electron chi connectivity index (χ2n) is 5.89. The smallest absolute Gasteiger partial charge is 0.225 e. The molecule has 1 aliphatic heterocycles. The Kier molecular flexibility index (Phi) is 5.36. The molecule has 2 aromatic carbocycles. The van der Waals surface area contributed by atoms with Crippen LogP contribution < -0.4 is 5.32 Å². The summed E-state index contributed by atoms with van der Waals surface area (Å²) in [4.78, 5) is 14.4. The molecule has 0 aliphatic carbocycles. The number of thiol groups is 1. The van der Waals surface area contributed by atoms with E-state index in [1.165, 1.54) is 11.1 Å². The Balaban J connectivity index is 1.73. The van der Waals surface area contributed by atoms with Crippen LogP contribution in [0.3, 0.4) is 0 Å². The third-order valence-electron chi connectivity index (χ3n) is 4.29. The van der Waals surface area contributed by atoms with Crippen LogP contribution in [0.5, 0.6) is 0 Å². The Morgan fingerprint density at radius 1 is 1.04 bits per heavy atom. The number of amides is 1. The van der Waals surface area contributed by atoms with Gasteiger partial charge < -0.3 is 5.32 Å². The molecular weight excluding hydrogens is 304 g/mol. The first-order valence-electron chi connectivity index (χ1n) is 8.02. The van der Waals surface area contributed by atoms with Crippen molar-refractivity contribution in [3.8, 4) is 0 Å². The minimum atomic E-state index is 0.0878. The van der Waals surface area contributed by atoms with Gasteiger partial charge in [-0.3, -0.25) is 9.69 Å². The molecule has 0 bridgehead atoms. The van der Waals surface area contributed by atoms with E-state index in [1.807, 2.05) is 12.1 Å². The average molecular weight is 326 g/mol. The van der Waals surface area contributed by atoms with Crippen LogP contribution in [0.2, 0.25) is 0 Å². The third-order valence-corrected chi connectivity index (χ3v) is 4.51. The van der Waals surface area contributed by atoms with Gasteiger partial charge in [-0.25, -0.2) is 0 Å². The topological polar surface area (TPSA) is 32.3 Å². The predicted molar refractivity (Wildman–Crippen MR) is 96.7 cm³/mol. The lowest BCUT2D eigenvalue weighted by Crippen LogP contribution is -2.55. The number of carbonyl (C=O) groups excluding carboxylic acids is 1. The molecular formula is C19H22N2OS. The zero-order valence-electron chi connectivity index (χ0n) is 13.1. The number of benzene rings is 2. The van der Waals surface area contributed by atoms with Gasteiger partial charge in [0.2, 0.25) is 5.91 Å². The van der Waals surface area contributed by atoms with Crippen LogP contribution in [-0.4, -0.2) is 36.2 Å². The van der Waals surface area contributed by atoms with E-state index in [0.717, 1.165) is 13.1 Å². The van der Waals surface area contributed by atoms with E-state index in [1.54, 1.807) is 0 Å². The SMILES string of the molecule is O=C(NCCS)C1CN(C(c2ccccc2)c2ccccc2)C1. The highest BCUT2D eigenvalue weighted by Gasteiger charge is 2.37. The summed E-state index contributed by atoms with van der Waals surface area (Å²) >= 11 is 4.13. The average Bonchev–Trinajstić information content (AvgIpc) is 2.57. The van der Waals surface area contributed by atoms with E-state index in [0.29, 0.717) is 12.3 Å². The fraction of sp³-hybridized carbons (Fsp3) is 0.316. The molecule has 2 aromatic rings. The summed E-state index contributed by atoms with van der Waals surface area (Å²) in [6.07, 6.45) is 0. The predicted octanol–water partition coefficient (Wildman–Crippen LogP) is 2.75. The highest BCUT2D eigenvalue weighted by molar-refractivity contribution is 7.80. The number of nitrogens with zero attached hydrogens (tertiary/aromatic N) is 1. The first-order valence-corrected chi connectivity index (χ1v) is 8.65. The maximum absolute atomic E-state index is 12.1. The first-order chi connectivity index (χ1) is 11.3. The Morgan fingerprint density at radius 3 is 2.04 bits per heavy atom. The summed E-state index contributed by atoms with van der Waals surface area (Å²) in [7, 11) is 0. The maximum Gasteiger partial charge on any atom is 0.225 e. The molecule has 0 saturated carbocycles. The van der Waals surface area contributed by atoms with Gasteiger partial charge in [0.15, 0.2) is 0 Å². The van der Waals surface area contributed by atoms with E-state index in [9.17, 15) is 4.79 Å². The molecule has 1 N–H and O–H groups in total. The zero-order valence-corrected chi connectivity index (χ0v) is 14.0. The Labute approximate surface area is 143 Å². The molecule has 0 aromatic heterocycles. The van der Waals surface area contributed by atoms with E-state index in [2.05, 4.69) is 71.4 Å². The summed E-state index contributed by atoms with van der Waals surface area (Å²) in [5, 5.41) is 2.93. The summed E-state index contributed by atoms with van der Waals surface area (Å²) in [6.45, 7) is 2.24. The number of rotatable bonds is 6. The van der Waals surface area contributed by atoms with Gasteiger partial charge in [0.25, 0.3) is 0 Å². The van der Waals surface area contributed by atoms with Crippen LogP contribution in [0.1, 0.15) is 17.2 Å². The number of likely N-dealkylation sites (tertiary alicyclic amines) is 1. The first kappa shape index (κ1) is 16.1. The lowest BCUT2D eigenvalue weighted by molar-refractivity contribution is -0.130. The van der Waals surface area contributed by atoms with Gasteiger partial charge in [0.05, 0.1) is 12.0 Å². The van der Waals surface area contributed by atoms with Gasteiger partial charge in [-0.15, -0.1) is 0 Å². The molecule has 23 heavy (non-hydrogen) atoms. The lowest BCUT2D eigenvalue weighted by atomic mass is 9.90. The minimum absolute atomic E-state index is 0.0878. The van der Waals surface area contributed by atoms with Crippen LogP contribution in [-0.2, 0) is 4.79 Å². The van der Waals surface area contributed by atoms with Crippen LogP contribution >= 0.6 is 12.6 Å². The van der Waals surface area contributed by atoms with Crippen LogP contribution in [0, 0.1) is 5.92 Å². The van der Waals surface area contributed by atoms with Gasteiger partial charge in [-0.2, -0.15) is 12.6 Å². The van der Waals surface area contributed by atoms with Crippen LogP contribution in [0.25, 0.3) is 0 Å². The van der Waals surface area contributed by atoms with Crippen molar-refractivity contribution in [2.75, 3.05) is 25.4 Å². The number of hydrogen-bond donors (Lipinski definition) is 2. The lowest BCUT2D eigenvalue weighted by Gasteiger charge is -2.44. The minimum Gasteiger partial charge on any atom is -0.355 e. The number of hydrogen-bond acceptors (Lipinski definition) is 3. The standard InChI is InChI=1S/C19H22N2OS/c22-19(20-11-12-23)17-13-21(14-17)18(15-7-3-1-4-8-15)16-9-5-2-6-10-16/h1-10,17-18,23H,11-14H2,(H,20,22). The molecule has 3 nitrogen and oxygen atoms in total. The Morgan fingerprint density at radius 2 is 1.57 bits per heavy atom. The fourth-order valence-corrected chi connectivity index (χ4v) is 3.21. The fourth-order valence-electron chi connectivity index (χ4n) is 3.10. The monoisotopic (exact) mass is 326 g/mol. The van der Waals surface area contributed by atoms with Crippen molar-refractivity contribution in [1.29, 1.82) is 0 Å². The molecule has 0 atom stereocenters. The molecule has 4 heteroatoms. The Hall–Kier alpha value is -1.78. The van der Waals surface area contributed by atoms with Gasteiger partial charge in [-0.1, -0.05) is 60.7 Å². The summed E-state index contributed by atoms with van der Waals surface area (Å²) < 4.78 is 0. The molecule has 3 rings (SSSR count).